The van der Waals surface area contributed by atoms with Crippen molar-refractivity contribution in [2.75, 3.05) is 11.9 Å². The summed E-state index contributed by atoms with van der Waals surface area (Å²) in [5, 5.41) is 11.9. The summed E-state index contributed by atoms with van der Waals surface area (Å²) in [6.45, 7) is -0.612. The van der Waals surface area contributed by atoms with E-state index in [2.05, 4.69) is 11.4 Å². The zero-order valence-electron chi connectivity index (χ0n) is 15.0. The molecule has 0 atom stereocenters. The molecule has 0 aliphatic carbocycles. The number of benzene rings is 3. The summed E-state index contributed by atoms with van der Waals surface area (Å²) in [6.07, 6.45) is 0. The number of nitrogens with zero attached hydrogens (tertiary/aromatic N) is 1. The number of amides is 1. The van der Waals surface area contributed by atoms with E-state index in [-0.39, 0.29) is 16.3 Å². The van der Waals surface area contributed by atoms with E-state index in [1.54, 1.807) is 48.5 Å². The molecule has 1 amide bonds. The van der Waals surface area contributed by atoms with Crippen molar-refractivity contribution in [1.29, 1.82) is 5.26 Å². The van der Waals surface area contributed by atoms with Crippen LogP contribution in [0.5, 0.6) is 0 Å². The smallest absolute Gasteiger partial charge is 0.339 e. The second-order valence-electron chi connectivity index (χ2n) is 5.95. The van der Waals surface area contributed by atoms with E-state index in [0.717, 1.165) is 6.07 Å². The second-order valence-corrected chi connectivity index (χ2v) is 6.39. The van der Waals surface area contributed by atoms with Gasteiger partial charge in [-0.2, -0.15) is 5.26 Å². The largest absolute Gasteiger partial charge is 0.452 e. The monoisotopic (exact) mass is 408 g/mol. The predicted molar refractivity (Wildman–Crippen MR) is 107 cm³/mol. The third-order valence-corrected chi connectivity index (χ3v) is 4.26. The van der Waals surface area contributed by atoms with Gasteiger partial charge in [0.25, 0.3) is 5.91 Å². The lowest BCUT2D eigenvalue weighted by molar-refractivity contribution is -0.119. The van der Waals surface area contributed by atoms with Crippen molar-refractivity contribution in [2.45, 2.75) is 0 Å². The lowest BCUT2D eigenvalue weighted by atomic mass is 9.96. The van der Waals surface area contributed by atoms with Gasteiger partial charge in [-0.3, -0.25) is 4.79 Å². The molecule has 29 heavy (non-hydrogen) atoms. The molecule has 0 aliphatic rings. The maximum absolute atomic E-state index is 13.7. The lowest BCUT2D eigenvalue weighted by Crippen LogP contribution is -2.21. The summed E-state index contributed by atoms with van der Waals surface area (Å²) in [5.41, 5.74) is 1.59. The summed E-state index contributed by atoms with van der Waals surface area (Å²) in [6, 6.07) is 19.3. The Labute approximate surface area is 171 Å². The van der Waals surface area contributed by atoms with Gasteiger partial charge in [-0.15, -0.1) is 0 Å². The van der Waals surface area contributed by atoms with Crippen molar-refractivity contribution in [2.24, 2.45) is 0 Å². The molecule has 0 spiro atoms. The van der Waals surface area contributed by atoms with E-state index >= 15 is 0 Å². The number of carbonyl (C=O) groups excluding carboxylic acids is 2. The van der Waals surface area contributed by atoms with Crippen molar-refractivity contribution in [3.63, 3.8) is 0 Å². The first-order valence-corrected chi connectivity index (χ1v) is 8.88. The van der Waals surface area contributed by atoms with E-state index in [1.807, 2.05) is 0 Å². The minimum atomic E-state index is -0.741. The highest BCUT2D eigenvalue weighted by molar-refractivity contribution is 6.30. The zero-order chi connectivity index (χ0) is 20.8. The summed E-state index contributed by atoms with van der Waals surface area (Å²) in [5.74, 6) is -2.11. The highest BCUT2D eigenvalue weighted by Gasteiger charge is 2.17. The van der Waals surface area contributed by atoms with E-state index in [0.29, 0.717) is 16.7 Å². The average Bonchev–Trinajstić information content (AvgIpc) is 2.74. The summed E-state index contributed by atoms with van der Waals surface area (Å²) >= 11 is 5.78. The first-order chi connectivity index (χ1) is 14.0. The van der Waals surface area contributed by atoms with Crippen LogP contribution in [0.25, 0.3) is 11.1 Å². The molecular formula is C22H14ClFN2O3. The van der Waals surface area contributed by atoms with Crippen LogP contribution in [-0.4, -0.2) is 18.5 Å². The standard InChI is InChI=1S/C22H14ClFN2O3/c23-15-9-10-19(24)20(11-15)26-21(27)13-29-22(28)18-8-4-3-7-17(18)16-6-2-1-5-14(16)12-25/h1-11H,13H2,(H,26,27). The summed E-state index contributed by atoms with van der Waals surface area (Å²) in [4.78, 5) is 24.6. The van der Waals surface area contributed by atoms with Crippen LogP contribution in [0.3, 0.4) is 0 Å². The summed E-state index contributed by atoms with van der Waals surface area (Å²) in [7, 11) is 0. The number of rotatable bonds is 5. The van der Waals surface area contributed by atoms with Gasteiger partial charge in [0.05, 0.1) is 22.9 Å². The Balaban J connectivity index is 1.74. The second kappa shape index (κ2) is 9.00. The van der Waals surface area contributed by atoms with E-state index < -0.39 is 24.3 Å². The number of ether oxygens (including phenoxy) is 1. The highest BCUT2D eigenvalue weighted by Crippen LogP contribution is 2.27. The number of hydrogen-bond donors (Lipinski definition) is 1. The molecular weight excluding hydrogens is 395 g/mol. The zero-order valence-corrected chi connectivity index (χ0v) is 15.7. The van der Waals surface area contributed by atoms with Crippen molar-refractivity contribution in [3.8, 4) is 17.2 Å². The molecule has 3 aromatic rings. The summed E-state index contributed by atoms with van der Waals surface area (Å²) < 4.78 is 18.8. The Morgan fingerprint density at radius 2 is 1.72 bits per heavy atom. The molecule has 7 heteroatoms. The van der Waals surface area contributed by atoms with Crippen LogP contribution in [0.1, 0.15) is 15.9 Å². The molecule has 5 nitrogen and oxygen atoms in total. The Kier molecular flexibility index (Phi) is 6.22. The van der Waals surface area contributed by atoms with Crippen LogP contribution < -0.4 is 5.32 Å². The van der Waals surface area contributed by atoms with E-state index in [4.69, 9.17) is 16.3 Å². The molecule has 0 aromatic heterocycles. The van der Waals surface area contributed by atoms with Crippen LogP contribution in [0.15, 0.2) is 66.7 Å². The Morgan fingerprint density at radius 3 is 2.48 bits per heavy atom. The molecule has 0 fully saturated rings. The van der Waals surface area contributed by atoms with Gasteiger partial charge in [0.2, 0.25) is 0 Å². The SMILES string of the molecule is N#Cc1ccccc1-c1ccccc1C(=O)OCC(=O)Nc1cc(Cl)ccc1F. The normalized spacial score (nSPS) is 10.1. The van der Waals surface area contributed by atoms with Crippen molar-refractivity contribution in [3.05, 3.63) is 88.7 Å². The topological polar surface area (TPSA) is 79.2 Å². The molecule has 0 radical (unpaired) electrons. The quantitative estimate of drug-likeness (QED) is 0.614. The fraction of sp³-hybridized carbons (Fsp3) is 0.0455. The molecule has 0 aliphatic heterocycles. The van der Waals surface area contributed by atoms with Crippen LogP contribution in [-0.2, 0) is 9.53 Å². The molecule has 3 rings (SSSR count). The van der Waals surface area contributed by atoms with Crippen molar-refractivity contribution < 1.29 is 18.7 Å². The molecule has 144 valence electrons. The van der Waals surface area contributed by atoms with Crippen molar-refractivity contribution >= 4 is 29.2 Å². The number of anilines is 1. The first kappa shape index (κ1) is 20.1. The Bertz CT molecular complexity index is 1130. The third-order valence-electron chi connectivity index (χ3n) is 4.02. The van der Waals surface area contributed by atoms with Gasteiger partial charge in [0, 0.05) is 10.6 Å². The third kappa shape index (κ3) is 4.78. The minimum Gasteiger partial charge on any atom is -0.452 e. The van der Waals surface area contributed by atoms with Gasteiger partial charge >= 0.3 is 5.97 Å². The Morgan fingerprint density at radius 1 is 1.03 bits per heavy atom. The van der Waals surface area contributed by atoms with Gasteiger partial charge in [-0.05, 0) is 35.9 Å². The molecule has 1 N–H and O–H groups in total. The van der Waals surface area contributed by atoms with Gasteiger partial charge in [-0.1, -0.05) is 48.0 Å². The fourth-order valence-electron chi connectivity index (χ4n) is 2.70. The van der Waals surface area contributed by atoms with Gasteiger partial charge in [0.15, 0.2) is 6.61 Å². The molecule has 3 aromatic carbocycles. The maximum Gasteiger partial charge on any atom is 0.339 e. The molecule has 0 heterocycles. The molecule has 0 bridgehead atoms. The molecule has 0 saturated carbocycles. The van der Waals surface area contributed by atoms with Crippen molar-refractivity contribution in [1.82, 2.24) is 0 Å². The number of carbonyl (C=O) groups is 2. The number of esters is 1. The number of hydrogen-bond acceptors (Lipinski definition) is 4. The number of nitriles is 1. The van der Waals surface area contributed by atoms with Gasteiger partial charge in [-0.25, -0.2) is 9.18 Å². The number of nitrogens with one attached hydrogen (secondary N) is 1. The van der Waals surface area contributed by atoms with E-state index in [9.17, 15) is 19.2 Å². The Hall–Kier alpha value is -3.69. The number of halogens is 2. The van der Waals surface area contributed by atoms with Crippen LogP contribution in [0.2, 0.25) is 5.02 Å². The molecule has 0 saturated heterocycles. The lowest BCUT2D eigenvalue weighted by Gasteiger charge is -2.11. The van der Waals surface area contributed by atoms with Gasteiger partial charge < -0.3 is 10.1 Å². The molecule has 0 unspecified atom stereocenters. The van der Waals surface area contributed by atoms with Gasteiger partial charge in [0.1, 0.15) is 5.82 Å². The fourth-order valence-corrected chi connectivity index (χ4v) is 2.87. The average molecular weight is 409 g/mol. The minimum absolute atomic E-state index is 0.109. The van der Waals surface area contributed by atoms with Crippen LogP contribution in [0, 0.1) is 17.1 Å². The first-order valence-electron chi connectivity index (χ1n) is 8.50. The highest BCUT2D eigenvalue weighted by atomic mass is 35.5. The maximum atomic E-state index is 13.7. The van der Waals surface area contributed by atoms with Crippen LogP contribution >= 0.6 is 11.6 Å². The van der Waals surface area contributed by atoms with Crippen LogP contribution in [0.4, 0.5) is 10.1 Å². The van der Waals surface area contributed by atoms with E-state index in [1.165, 1.54) is 12.1 Å². The predicted octanol–water partition coefficient (Wildman–Crippen LogP) is 4.81.